The third-order valence-corrected chi connectivity index (χ3v) is 1.88. The summed E-state index contributed by atoms with van der Waals surface area (Å²) in [7, 11) is 0. The minimum Gasteiger partial charge on any atom is -0.446 e. The van der Waals surface area contributed by atoms with Crippen molar-refractivity contribution in [2.75, 3.05) is 0 Å². The molecular weight excluding hydrogens is 168 g/mol. The highest BCUT2D eigenvalue weighted by molar-refractivity contribution is 5.73. The average molecular weight is 182 g/mol. The van der Waals surface area contributed by atoms with Gasteiger partial charge in [-0.05, 0) is 6.42 Å². The van der Waals surface area contributed by atoms with Gasteiger partial charge in [0.2, 0.25) is 0 Å². The van der Waals surface area contributed by atoms with Crippen LogP contribution in [0.5, 0.6) is 0 Å². The van der Waals surface area contributed by atoms with Crippen molar-refractivity contribution in [2.24, 2.45) is 0 Å². The van der Waals surface area contributed by atoms with Crippen LogP contribution in [0.3, 0.4) is 0 Å². The van der Waals surface area contributed by atoms with Crippen molar-refractivity contribution in [3.63, 3.8) is 0 Å². The van der Waals surface area contributed by atoms with Crippen molar-refractivity contribution in [3.05, 3.63) is 0 Å². The van der Waals surface area contributed by atoms with Crippen LogP contribution in [0.4, 0.5) is 0 Å². The summed E-state index contributed by atoms with van der Waals surface area (Å²) in [5.74, 6) is 5.29. The molecule has 0 unspecified atom stereocenters. The summed E-state index contributed by atoms with van der Waals surface area (Å²) >= 11 is 0. The van der Waals surface area contributed by atoms with E-state index in [0.29, 0.717) is 0 Å². The van der Waals surface area contributed by atoms with Gasteiger partial charge in [0.25, 0.3) is 0 Å². The third kappa shape index (κ3) is 3.08. The van der Waals surface area contributed by atoms with Gasteiger partial charge in [0, 0.05) is 6.42 Å². The van der Waals surface area contributed by atoms with Crippen LogP contribution in [0.2, 0.25) is 0 Å². The molecule has 72 valence electrons. The number of carbonyl (C=O) groups is 1. The molecule has 0 aliphatic carbocycles. The number of hydrogen-bond acceptors (Lipinski definition) is 3. The molecule has 0 aromatic heterocycles. The van der Waals surface area contributed by atoms with Crippen LogP contribution >= 0.6 is 0 Å². The number of cyclic esters (lactones) is 1. The Kier molecular flexibility index (Phi) is 3.78. The molecule has 1 saturated heterocycles. The van der Waals surface area contributed by atoms with Crippen molar-refractivity contribution < 1.29 is 14.6 Å². The first-order valence-corrected chi connectivity index (χ1v) is 4.60. The highest BCUT2D eigenvalue weighted by atomic mass is 16.6. The Balaban J connectivity index is 2.34. The van der Waals surface area contributed by atoms with Gasteiger partial charge in [-0.3, -0.25) is 4.79 Å². The molecule has 0 saturated carbocycles. The van der Waals surface area contributed by atoms with Gasteiger partial charge in [0.15, 0.2) is 6.10 Å². The van der Waals surface area contributed by atoms with Gasteiger partial charge < -0.3 is 9.84 Å². The highest BCUT2D eigenvalue weighted by Crippen LogP contribution is 2.13. The summed E-state index contributed by atoms with van der Waals surface area (Å²) in [6, 6.07) is 0. The molecule has 3 nitrogen and oxygen atoms in total. The van der Waals surface area contributed by atoms with E-state index in [1.54, 1.807) is 0 Å². The lowest BCUT2D eigenvalue weighted by atomic mass is 10.2. The van der Waals surface area contributed by atoms with Crippen LogP contribution in [-0.2, 0) is 9.53 Å². The van der Waals surface area contributed by atoms with E-state index in [1.807, 2.05) is 0 Å². The fraction of sp³-hybridized carbons (Fsp3) is 0.700. The van der Waals surface area contributed by atoms with E-state index in [0.717, 1.165) is 19.3 Å². The zero-order valence-corrected chi connectivity index (χ0v) is 7.75. The Morgan fingerprint density at radius 2 is 2.46 bits per heavy atom. The predicted octanol–water partition coefficient (Wildman–Crippen LogP) is 0.856. The maximum Gasteiger partial charge on any atom is 0.309 e. The van der Waals surface area contributed by atoms with Crippen LogP contribution in [0.1, 0.15) is 32.6 Å². The Labute approximate surface area is 78.1 Å². The molecule has 13 heavy (non-hydrogen) atoms. The lowest BCUT2D eigenvalue weighted by molar-refractivity contribution is -0.139. The van der Waals surface area contributed by atoms with Gasteiger partial charge in [-0.15, -0.1) is 0 Å². The molecule has 2 atom stereocenters. The van der Waals surface area contributed by atoms with Crippen LogP contribution in [0.15, 0.2) is 0 Å². The van der Waals surface area contributed by atoms with E-state index >= 15 is 0 Å². The quantitative estimate of drug-likeness (QED) is 0.391. The molecule has 1 aliphatic heterocycles. The lowest BCUT2D eigenvalue weighted by Gasteiger charge is -2.03. The van der Waals surface area contributed by atoms with Gasteiger partial charge in [-0.1, -0.05) is 25.2 Å². The maximum atomic E-state index is 10.7. The van der Waals surface area contributed by atoms with Crippen LogP contribution in [0, 0.1) is 11.8 Å². The van der Waals surface area contributed by atoms with Crippen LogP contribution in [-0.4, -0.2) is 23.3 Å². The first kappa shape index (κ1) is 10.1. The largest absolute Gasteiger partial charge is 0.446 e. The van der Waals surface area contributed by atoms with E-state index in [4.69, 9.17) is 4.74 Å². The topological polar surface area (TPSA) is 46.5 Å². The predicted molar refractivity (Wildman–Crippen MR) is 47.8 cm³/mol. The molecule has 0 bridgehead atoms. The summed E-state index contributed by atoms with van der Waals surface area (Å²) < 4.78 is 4.79. The molecule has 1 fully saturated rings. The minimum atomic E-state index is -0.735. The van der Waals surface area contributed by atoms with Gasteiger partial charge in [-0.25, -0.2) is 0 Å². The number of unbranched alkanes of at least 4 members (excludes halogenated alkanes) is 2. The van der Waals surface area contributed by atoms with Crippen molar-refractivity contribution in [1.29, 1.82) is 0 Å². The molecule has 1 heterocycles. The normalized spacial score (nSPS) is 26.5. The van der Waals surface area contributed by atoms with Gasteiger partial charge in [0.05, 0.1) is 6.42 Å². The molecule has 1 aliphatic rings. The Morgan fingerprint density at radius 3 is 3.00 bits per heavy atom. The summed E-state index contributed by atoms with van der Waals surface area (Å²) in [5, 5.41) is 9.27. The zero-order valence-electron chi connectivity index (χ0n) is 7.75. The molecule has 1 rings (SSSR count). The summed E-state index contributed by atoms with van der Waals surface area (Å²) in [4.78, 5) is 10.7. The second-order valence-corrected chi connectivity index (χ2v) is 3.11. The molecular formula is C10H14O3. The monoisotopic (exact) mass is 182 g/mol. The zero-order chi connectivity index (χ0) is 9.68. The molecule has 0 amide bonds. The van der Waals surface area contributed by atoms with E-state index in [1.165, 1.54) is 0 Å². The molecule has 0 aromatic carbocycles. The van der Waals surface area contributed by atoms with Crippen LogP contribution < -0.4 is 0 Å². The van der Waals surface area contributed by atoms with Gasteiger partial charge >= 0.3 is 5.97 Å². The number of ether oxygens (including phenoxy) is 1. The number of carbonyl (C=O) groups excluding carboxylic acids is 1. The number of aliphatic hydroxyl groups excluding tert-OH is 1. The Bertz CT molecular complexity index is 236. The lowest BCUT2D eigenvalue weighted by Crippen LogP contribution is -2.18. The SMILES string of the molecule is CCCCC#C[C@@H]1OC(=O)C[C@H]1O. The number of esters is 1. The first-order chi connectivity index (χ1) is 6.24. The maximum absolute atomic E-state index is 10.7. The van der Waals surface area contributed by atoms with Gasteiger partial charge in [0.1, 0.15) is 6.10 Å². The second-order valence-electron chi connectivity index (χ2n) is 3.11. The number of aliphatic hydroxyl groups is 1. The number of rotatable bonds is 2. The van der Waals surface area contributed by atoms with Crippen LogP contribution in [0.25, 0.3) is 0 Å². The molecule has 0 radical (unpaired) electrons. The summed E-state index contributed by atoms with van der Waals surface area (Å²) in [5.41, 5.74) is 0. The van der Waals surface area contributed by atoms with Crippen molar-refractivity contribution >= 4 is 5.97 Å². The average Bonchev–Trinajstić information content (AvgIpc) is 2.39. The van der Waals surface area contributed by atoms with E-state index in [-0.39, 0.29) is 12.4 Å². The Morgan fingerprint density at radius 1 is 1.69 bits per heavy atom. The molecule has 1 N–H and O–H groups in total. The van der Waals surface area contributed by atoms with Gasteiger partial charge in [-0.2, -0.15) is 0 Å². The highest BCUT2D eigenvalue weighted by Gasteiger charge is 2.31. The fourth-order valence-electron chi connectivity index (χ4n) is 1.11. The molecule has 3 heteroatoms. The minimum absolute atomic E-state index is 0.0765. The standard InChI is InChI=1S/C10H14O3/c1-2-3-4-5-6-9-8(11)7-10(12)13-9/h8-9,11H,2-4,7H2,1H3/t8-,9+/m1/s1. The molecule has 0 aromatic rings. The van der Waals surface area contributed by atoms with E-state index < -0.39 is 12.2 Å². The smallest absolute Gasteiger partial charge is 0.309 e. The number of hydrogen-bond donors (Lipinski definition) is 1. The van der Waals surface area contributed by atoms with Crippen molar-refractivity contribution in [1.82, 2.24) is 0 Å². The summed E-state index contributed by atoms with van der Waals surface area (Å²) in [6.45, 7) is 2.09. The third-order valence-electron chi connectivity index (χ3n) is 1.88. The first-order valence-electron chi connectivity index (χ1n) is 4.60. The fourth-order valence-corrected chi connectivity index (χ4v) is 1.11. The van der Waals surface area contributed by atoms with E-state index in [9.17, 15) is 9.90 Å². The summed E-state index contributed by atoms with van der Waals surface area (Å²) in [6.07, 6.45) is 1.70. The molecule has 0 spiro atoms. The van der Waals surface area contributed by atoms with E-state index in [2.05, 4.69) is 18.8 Å². The van der Waals surface area contributed by atoms with Crippen molar-refractivity contribution in [2.45, 2.75) is 44.8 Å². The Hall–Kier alpha value is -1.01. The second kappa shape index (κ2) is 4.88. The van der Waals surface area contributed by atoms with Crippen molar-refractivity contribution in [3.8, 4) is 11.8 Å².